The molecule has 3 amide bonds. The topological polar surface area (TPSA) is 132 Å². The molecule has 0 fully saturated rings. The highest BCUT2D eigenvalue weighted by Crippen LogP contribution is 2.17. The lowest BCUT2D eigenvalue weighted by Gasteiger charge is -2.06. The summed E-state index contributed by atoms with van der Waals surface area (Å²) in [5, 5.41) is 9.33. The van der Waals surface area contributed by atoms with E-state index in [-0.39, 0.29) is 30.5 Å². The number of primary amides is 1. The first-order chi connectivity index (χ1) is 13.4. The number of hydrogen-bond donors (Lipinski definition) is 3. The minimum atomic E-state index is -0.521. The van der Waals surface area contributed by atoms with Gasteiger partial charge in [0.25, 0.3) is 5.91 Å². The molecule has 0 unspecified atom stereocenters. The van der Waals surface area contributed by atoms with Gasteiger partial charge in [-0.1, -0.05) is 12.1 Å². The molecule has 0 radical (unpaired) electrons. The van der Waals surface area contributed by atoms with E-state index in [1.165, 1.54) is 17.1 Å². The molecule has 0 aliphatic rings. The highest BCUT2D eigenvalue weighted by atomic mass is 79.9. The number of amides is 3. The second kappa shape index (κ2) is 8.53. The Morgan fingerprint density at radius 2 is 1.82 bits per heavy atom. The Labute approximate surface area is 168 Å². The first kappa shape index (κ1) is 19.4. The van der Waals surface area contributed by atoms with E-state index < -0.39 is 5.91 Å². The molecule has 0 saturated heterocycles. The summed E-state index contributed by atoms with van der Waals surface area (Å²) >= 11 is 3.14. The Bertz CT molecular complexity index is 1010. The number of nitrogens with zero attached hydrogens (tertiary/aromatic N) is 2. The van der Waals surface area contributed by atoms with Crippen LogP contribution in [0.15, 0.2) is 57.9 Å². The standard InChI is InChI=1S/C18H16BrN5O4/c19-15-6-5-14(28-15)18(27)23-12-3-1-11(2-4-12)7-17(26)22-13-8-21-24(9-13)10-16(20)25/h1-6,8-9H,7,10H2,(H2,20,25)(H,22,26)(H,23,27). The zero-order chi connectivity index (χ0) is 20.1. The predicted octanol–water partition coefficient (Wildman–Crippen LogP) is 2.16. The van der Waals surface area contributed by atoms with Crippen molar-refractivity contribution in [2.24, 2.45) is 5.73 Å². The monoisotopic (exact) mass is 445 g/mol. The summed E-state index contributed by atoms with van der Waals surface area (Å²) in [6.07, 6.45) is 3.10. The molecule has 1 aromatic carbocycles. The van der Waals surface area contributed by atoms with E-state index in [4.69, 9.17) is 10.2 Å². The van der Waals surface area contributed by atoms with Gasteiger partial charge in [-0.3, -0.25) is 19.1 Å². The molecule has 28 heavy (non-hydrogen) atoms. The Hall–Kier alpha value is -3.40. The number of anilines is 2. The average molecular weight is 446 g/mol. The van der Waals surface area contributed by atoms with Crippen LogP contribution >= 0.6 is 15.9 Å². The zero-order valence-electron chi connectivity index (χ0n) is 14.5. The third kappa shape index (κ3) is 5.30. The van der Waals surface area contributed by atoms with Crippen molar-refractivity contribution in [3.63, 3.8) is 0 Å². The van der Waals surface area contributed by atoms with Crippen LogP contribution in [0, 0.1) is 0 Å². The maximum absolute atomic E-state index is 12.1. The lowest BCUT2D eigenvalue weighted by molar-refractivity contribution is -0.118. The highest BCUT2D eigenvalue weighted by Gasteiger charge is 2.11. The molecule has 144 valence electrons. The van der Waals surface area contributed by atoms with Crippen molar-refractivity contribution in [2.45, 2.75) is 13.0 Å². The Morgan fingerprint density at radius 1 is 1.07 bits per heavy atom. The minimum absolute atomic E-state index is 0.0575. The fourth-order valence-corrected chi connectivity index (χ4v) is 2.71. The van der Waals surface area contributed by atoms with Crippen LogP contribution in [0.4, 0.5) is 11.4 Å². The molecule has 0 saturated carbocycles. The molecule has 0 aliphatic carbocycles. The van der Waals surface area contributed by atoms with Gasteiger partial charge in [-0.2, -0.15) is 5.10 Å². The normalized spacial score (nSPS) is 10.5. The molecule has 2 aromatic heterocycles. The van der Waals surface area contributed by atoms with Crippen molar-refractivity contribution in [3.8, 4) is 0 Å². The molecular formula is C18H16BrN5O4. The molecule has 0 bridgehead atoms. The van der Waals surface area contributed by atoms with Gasteiger partial charge >= 0.3 is 0 Å². The molecular weight excluding hydrogens is 430 g/mol. The maximum atomic E-state index is 12.1. The van der Waals surface area contributed by atoms with Crippen LogP contribution < -0.4 is 16.4 Å². The van der Waals surface area contributed by atoms with Gasteiger partial charge in [0.15, 0.2) is 10.4 Å². The number of nitrogens with one attached hydrogen (secondary N) is 2. The van der Waals surface area contributed by atoms with E-state index in [1.54, 1.807) is 36.4 Å². The average Bonchev–Trinajstić information content (AvgIpc) is 3.25. The van der Waals surface area contributed by atoms with Gasteiger partial charge in [-0.25, -0.2) is 0 Å². The summed E-state index contributed by atoms with van der Waals surface area (Å²) in [5.41, 5.74) is 6.91. The largest absolute Gasteiger partial charge is 0.444 e. The number of furan rings is 1. The van der Waals surface area contributed by atoms with E-state index >= 15 is 0 Å². The molecule has 2 heterocycles. The molecule has 3 aromatic rings. The molecule has 0 atom stereocenters. The van der Waals surface area contributed by atoms with Gasteiger partial charge in [-0.05, 0) is 45.8 Å². The smallest absolute Gasteiger partial charge is 0.291 e. The van der Waals surface area contributed by atoms with E-state index in [0.29, 0.717) is 16.0 Å². The van der Waals surface area contributed by atoms with Crippen LogP contribution in [0.5, 0.6) is 0 Å². The van der Waals surface area contributed by atoms with Gasteiger partial charge in [0.1, 0.15) is 6.54 Å². The van der Waals surface area contributed by atoms with E-state index in [1.807, 2.05) is 0 Å². The first-order valence-electron chi connectivity index (χ1n) is 8.15. The van der Waals surface area contributed by atoms with Gasteiger partial charge in [0.05, 0.1) is 18.3 Å². The van der Waals surface area contributed by atoms with Crippen molar-refractivity contribution in [1.29, 1.82) is 0 Å². The number of rotatable bonds is 7. The summed E-state index contributed by atoms with van der Waals surface area (Å²) < 4.78 is 7.00. The fourth-order valence-electron chi connectivity index (χ4n) is 2.40. The predicted molar refractivity (Wildman–Crippen MR) is 105 cm³/mol. The summed E-state index contributed by atoms with van der Waals surface area (Å²) in [4.78, 5) is 35.0. The van der Waals surface area contributed by atoms with Crippen molar-refractivity contribution >= 4 is 45.0 Å². The second-order valence-corrected chi connectivity index (χ2v) is 6.65. The van der Waals surface area contributed by atoms with Crippen molar-refractivity contribution in [1.82, 2.24) is 9.78 Å². The van der Waals surface area contributed by atoms with Crippen LogP contribution in [0.25, 0.3) is 0 Å². The first-order valence-corrected chi connectivity index (χ1v) is 8.94. The summed E-state index contributed by atoms with van der Waals surface area (Å²) in [5.74, 6) is -0.944. The third-order valence-corrected chi connectivity index (χ3v) is 4.03. The number of halogens is 1. The Morgan fingerprint density at radius 3 is 2.46 bits per heavy atom. The molecule has 0 aliphatic heterocycles. The third-order valence-electron chi connectivity index (χ3n) is 3.61. The molecule has 10 heteroatoms. The fraction of sp³-hybridized carbons (Fsp3) is 0.111. The molecule has 9 nitrogen and oxygen atoms in total. The Kier molecular flexibility index (Phi) is 5.90. The van der Waals surface area contributed by atoms with Crippen LogP contribution in [-0.2, 0) is 22.6 Å². The quantitative estimate of drug-likeness (QED) is 0.512. The SMILES string of the molecule is NC(=O)Cn1cc(NC(=O)Cc2ccc(NC(=O)c3ccc(Br)o3)cc2)cn1. The summed E-state index contributed by atoms with van der Waals surface area (Å²) in [6.45, 7) is -0.0575. The molecule has 4 N–H and O–H groups in total. The maximum Gasteiger partial charge on any atom is 0.291 e. The summed E-state index contributed by atoms with van der Waals surface area (Å²) in [6, 6.07) is 10.1. The van der Waals surface area contributed by atoms with Crippen molar-refractivity contribution in [2.75, 3.05) is 10.6 Å². The number of nitrogens with two attached hydrogens (primary N) is 1. The second-order valence-electron chi connectivity index (χ2n) is 5.87. The lowest BCUT2D eigenvalue weighted by atomic mass is 10.1. The van der Waals surface area contributed by atoms with E-state index in [9.17, 15) is 14.4 Å². The zero-order valence-corrected chi connectivity index (χ0v) is 16.1. The number of carbonyl (C=O) groups is 3. The Balaban J connectivity index is 1.53. The number of benzene rings is 1. The van der Waals surface area contributed by atoms with Gasteiger partial charge in [-0.15, -0.1) is 0 Å². The minimum Gasteiger partial charge on any atom is -0.444 e. The van der Waals surface area contributed by atoms with Gasteiger partial charge in [0, 0.05) is 11.9 Å². The molecule has 0 spiro atoms. The van der Waals surface area contributed by atoms with Crippen molar-refractivity contribution < 1.29 is 18.8 Å². The number of hydrogen-bond acceptors (Lipinski definition) is 5. The number of aromatic nitrogens is 2. The lowest BCUT2D eigenvalue weighted by Crippen LogP contribution is -2.19. The van der Waals surface area contributed by atoms with Gasteiger partial charge in [0.2, 0.25) is 11.8 Å². The van der Waals surface area contributed by atoms with E-state index in [0.717, 1.165) is 5.56 Å². The highest BCUT2D eigenvalue weighted by molar-refractivity contribution is 9.10. The van der Waals surface area contributed by atoms with Gasteiger partial charge < -0.3 is 20.8 Å². The molecule has 3 rings (SSSR count). The van der Waals surface area contributed by atoms with Crippen LogP contribution in [-0.4, -0.2) is 27.5 Å². The van der Waals surface area contributed by atoms with Crippen LogP contribution in [0.2, 0.25) is 0 Å². The van der Waals surface area contributed by atoms with Crippen molar-refractivity contribution in [3.05, 3.63) is 64.8 Å². The van der Waals surface area contributed by atoms with Crippen LogP contribution in [0.1, 0.15) is 16.1 Å². The number of carbonyl (C=O) groups excluding carboxylic acids is 3. The summed E-state index contributed by atoms with van der Waals surface area (Å²) in [7, 11) is 0. The van der Waals surface area contributed by atoms with Crippen LogP contribution in [0.3, 0.4) is 0 Å². The van der Waals surface area contributed by atoms with E-state index in [2.05, 4.69) is 31.7 Å².